The molecule has 0 bridgehead atoms. The largest absolute Gasteiger partial charge is 0.394 e. The first-order valence-corrected chi connectivity index (χ1v) is 4.96. The molecule has 0 radical (unpaired) electrons. The van der Waals surface area contributed by atoms with E-state index in [1.165, 1.54) is 12.1 Å². The number of hydrogen-bond acceptors (Lipinski definition) is 6. The SMILES string of the molecule is CC(CO)(CO)Nc1cccc(N)c1[N+](=O)[O-]. The van der Waals surface area contributed by atoms with E-state index in [1.807, 2.05) is 0 Å². The summed E-state index contributed by atoms with van der Waals surface area (Å²) in [7, 11) is 0. The molecule has 0 atom stereocenters. The maximum Gasteiger partial charge on any atom is 0.314 e. The van der Waals surface area contributed by atoms with Gasteiger partial charge in [0.15, 0.2) is 0 Å². The van der Waals surface area contributed by atoms with Gasteiger partial charge in [-0.3, -0.25) is 10.1 Å². The van der Waals surface area contributed by atoms with E-state index in [-0.39, 0.29) is 30.3 Å². The highest BCUT2D eigenvalue weighted by Crippen LogP contribution is 2.32. The highest BCUT2D eigenvalue weighted by molar-refractivity contribution is 5.74. The molecule has 17 heavy (non-hydrogen) atoms. The van der Waals surface area contributed by atoms with Crippen LogP contribution in [-0.2, 0) is 0 Å². The number of nitro benzene ring substituents is 1. The van der Waals surface area contributed by atoms with Crippen LogP contribution in [0.15, 0.2) is 18.2 Å². The smallest absolute Gasteiger partial charge is 0.314 e. The Hall–Kier alpha value is -1.86. The van der Waals surface area contributed by atoms with Crippen molar-refractivity contribution >= 4 is 17.1 Å². The number of nitro groups is 1. The van der Waals surface area contributed by atoms with Gasteiger partial charge in [0.1, 0.15) is 11.4 Å². The van der Waals surface area contributed by atoms with E-state index in [2.05, 4.69) is 5.32 Å². The minimum absolute atomic E-state index is 0.0261. The van der Waals surface area contributed by atoms with Crippen LogP contribution in [0.1, 0.15) is 6.92 Å². The molecule has 1 aromatic rings. The topological polar surface area (TPSA) is 122 Å². The van der Waals surface area contributed by atoms with Gasteiger partial charge in [0, 0.05) is 0 Å². The molecule has 0 saturated carbocycles. The molecule has 0 unspecified atom stereocenters. The zero-order valence-electron chi connectivity index (χ0n) is 9.38. The lowest BCUT2D eigenvalue weighted by atomic mass is 10.0. The number of rotatable bonds is 5. The van der Waals surface area contributed by atoms with Crippen LogP contribution in [-0.4, -0.2) is 33.9 Å². The molecule has 0 spiro atoms. The fourth-order valence-corrected chi connectivity index (χ4v) is 1.32. The number of anilines is 2. The second kappa shape index (κ2) is 4.98. The number of aliphatic hydroxyl groups is 2. The normalized spacial score (nSPS) is 11.2. The van der Waals surface area contributed by atoms with Crippen LogP contribution in [0.3, 0.4) is 0 Å². The molecule has 0 aliphatic heterocycles. The molecule has 0 aromatic heterocycles. The van der Waals surface area contributed by atoms with Gasteiger partial charge < -0.3 is 21.3 Å². The van der Waals surface area contributed by atoms with Crippen LogP contribution in [0, 0.1) is 10.1 Å². The molecule has 1 aromatic carbocycles. The maximum atomic E-state index is 10.9. The minimum atomic E-state index is -1.04. The molecule has 1 rings (SSSR count). The van der Waals surface area contributed by atoms with E-state index in [4.69, 9.17) is 15.9 Å². The van der Waals surface area contributed by atoms with E-state index in [1.54, 1.807) is 13.0 Å². The van der Waals surface area contributed by atoms with Crippen LogP contribution in [0.25, 0.3) is 0 Å². The fourth-order valence-electron chi connectivity index (χ4n) is 1.32. The summed E-state index contributed by atoms with van der Waals surface area (Å²) in [6, 6.07) is 4.44. The second-order valence-electron chi connectivity index (χ2n) is 4.00. The van der Waals surface area contributed by atoms with Crippen molar-refractivity contribution in [3.8, 4) is 0 Å². The van der Waals surface area contributed by atoms with E-state index in [0.29, 0.717) is 0 Å². The molecular weight excluding hydrogens is 226 g/mol. The third-order valence-electron chi connectivity index (χ3n) is 2.38. The molecule has 0 saturated heterocycles. The van der Waals surface area contributed by atoms with E-state index < -0.39 is 10.5 Å². The molecule has 94 valence electrons. The van der Waals surface area contributed by atoms with Crippen molar-refractivity contribution in [3.05, 3.63) is 28.3 Å². The number of para-hydroxylation sites is 1. The predicted molar refractivity (Wildman–Crippen MR) is 63.7 cm³/mol. The Morgan fingerprint density at radius 3 is 2.53 bits per heavy atom. The van der Waals surface area contributed by atoms with Gasteiger partial charge in [0.25, 0.3) is 0 Å². The number of hydrogen-bond donors (Lipinski definition) is 4. The Bertz CT molecular complexity index is 418. The molecule has 7 heteroatoms. The number of nitrogens with one attached hydrogen (secondary N) is 1. The quantitative estimate of drug-likeness (QED) is 0.335. The summed E-state index contributed by atoms with van der Waals surface area (Å²) in [5, 5.41) is 31.8. The molecule has 0 aliphatic rings. The van der Waals surface area contributed by atoms with Crippen molar-refractivity contribution < 1.29 is 15.1 Å². The highest BCUT2D eigenvalue weighted by atomic mass is 16.6. The fraction of sp³-hybridized carbons (Fsp3) is 0.400. The molecule has 0 heterocycles. The summed E-state index contributed by atoms with van der Waals surface area (Å²) in [5.41, 5.74) is 4.40. The summed E-state index contributed by atoms with van der Waals surface area (Å²) < 4.78 is 0. The average molecular weight is 241 g/mol. The van der Waals surface area contributed by atoms with Crippen LogP contribution < -0.4 is 11.1 Å². The third-order valence-corrected chi connectivity index (χ3v) is 2.38. The molecule has 0 fully saturated rings. The van der Waals surface area contributed by atoms with Crippen molar-refractivity contribution in [1.29, 1.82) is 0 Å². The van der Waals surface area contributed by atoms with Crippen LogP contribution in [0.4, 0.5) is 17.1 Å². The molecule has 0 amide bonds. The number of nitrogens with zero attached hydrogens (tertiary/aromatic N) is 1. The zero-order valence-corrected chi connectivity index (χ0v) is 9.38. The first kappa shape index (κ1) is 13.2. The monoisotopic (exact) mass is 241 g/mol. The maximum absolute atomic E-state index is 10.9. The summed E-state index contributed by atoms with van der Waals surface area (Å²) in [5.74, 6) is 0. The van der Waals surface area contributed by atoms with Gasteiger partial charge in [-0.05, 0) is 19.1 Å². The van der Waals surface area contributed by atoms with Crippen LogP contribution >= 0.6 is 0 Å². The van der Waals surface area contributed by atoms with Gasteiger partial charge in [0.2, 0.25) is 0 Å². The van der Waals surface area contributed by atoms with Crippen molar-refractivity contribution in [2.45, 2.75) is 12.5 Å². The number of benzene rings is 1. The van der Waals surface area contributed by atoms with Crippen molar-refractivity contribution in [1.82, 2.24) is 0 Å². The third kappa shape index (κ3) is 2.83. The van der Waals surface area contributed by atoms with Crippen molar-refractivity contribution in [2.75, 3.05) is 24.3 Å². The van der Waals surface area contributed by atoms with Gasteiger partial charge in [-0.2, -0.15) is 0 Å². The Morgan fingerprint density at radius 1 is 1.47 bits per heavy atom. The lowest BCUT2D eigenvalue weighted by molar-refractivity contribution is -0.383. The Labute approximate surface area is 98.0 Å². The lowest BCUT2D eigenvalue weighted by Gasteiger charge is -2.27. The number of nitrogen functional groups attached to an aromatic ring is 1. The first-order chi connectivity index (χ1) is 7.93. The number of nitrogens with two attached hydrogens (primary N) is 1. The summed E-state index contributed by atoms with van der Waals surface area (Å²) in [4.78, 5) is 10.3. The highest BCUT2D eigenvalue weighted by Gasteiger charge is 2.27. The van der Waals surface area contributed by atoms with Crippen molar-refractivity contribution in [3.63, 3.8) is 0 Å². The summed E-state index contributed by atoms with van der Waals surface area (Å²) in [6.45, 7) is 0.810. The van der Waals surface area contributed by atoms with E-state index in [0.717, 1.165) is 0 Å². The van der Waals surface area contributed by atoms with Crippen LogP contribution in [0.5, 0.6) is 0 Å². The summed E-state index contributed by atoms with van der Waals surface area (Å²) >= 11 is 0. The van der Waals surface area contributed by atoms with Crippen molar-refractivity contribution in [2.24, 2.45) is 0 Å². The standard InChI is InChI=1S/C10H15N3O4/c1-10(5-14,6-15)12-8-4-2-3-7(11)9(8)13(16)17/h2-4,12,14-15H,5-6,11H2,1H3. The van der Waals surface area contributed by atoms with Gasteiger partial charge in [-0.1, -0.05) is 6.07 Å². The summed E-state index contributed by atoms with van der Waals surface area (Å²) in [6.07, 6.45) is 0. The second-order valence-corrected chi connectivity index (χ2v) is 4.00. The van der Waals surface area contributed by atoms with Gasteiger partial charge in [0.05, 0.1) is 23.7 Å². The Kier molecular flexibility index (Phi) is 3.87. The van der Waals surface area contributed by atoms with Crippen LogP contribution in [0.2, 0.25) is 0 Å². The minimum Gasteiger partial charge on any atom is -0.394 e. The van der Waals surface area contributed by atoms with Gasteiger partial charge in [-0.25, -0.2) is 0 Å². The van der Waals surface area contributed by atoms with Gasteiger partial charge >= 0.3 is 5.69 Å². The van der Waals surface area contributed by atoms with E-state index in [9.17, 15) is 10.1 Å². The zero-order chi connectivity index (χ0) is 13.1. The molecular formula is C10H15N3O4. The average Bonchev–Trinajstić information content (AvgIpc) is 2.28. The van der Waals surface area contributed by atoms with E-state index >= 15 is 0 Å². The molecule has 5 N–H and O–H groups in total. The molecule has 0 aliphatic carbocycles. The number of aliphatic hydroxyl groups excluding tert-OH is 2. The van der Waals surface area contributed by atoms with Gasteiger partial charge in [-0.15, -0.1) is 0 Å². The predicted octanol–water partition coefficient (Wildman–Crippen LogP) is 0.332. The first-order valence-electron chi connectivity index (χ1n) is 4.96. The lowest BCUT2D eigenvalue weighted by Crippen LogP contribution is -2.42. The Morgan fingerprint density at radius 2 is 2.06 bits per heavy atom. The molecule has 7 nitrogen and oxygen atoms in total. The Balaban J connectivity index is 3.15.